The van der Waals surface area contributed by atoms with E-state index in [9.17, 15) is 27.9 Å². The van der Waals surface area contributed by atoms with Crippen LogP contribution < -0.4 is 5.56 Å². The molecule has 7 nitrogen and oxygen atoms in total. The van der Waals surface area contributed by atoms with Crippen molar-refractivity contribution < 1.29 is 23.1 Å². The Kier molecular flexibility index (Phi) is 8.30. The van der Waals surface area contributed by atoms with Crippen LogP contribution in [0.1, 0.15) is 42.3 Å². The van der Waals surface area contributed by atoms with Crippen LogP contribution in [0, 0.1) is 0 Å². The topological polar surface area (TPSA) is 78.7 Å². The van der Waals surface area contributed by atoms with E-state index in [1.807, 2.05) is 48.5 Å². The van der Waals surface area contributed by atoms with Gasteiger partial charge in [0.1, 0.15) is 5.82 Å². The summed E-state index contributed by atoms with van der Waals surface area (Å²) < 4.78 is 39.9. The highest BCUT2D eigenvalue weighted by Gasteiger charge is 2.34. The molecule has 0 saturated heterocycles. The molecular weight excluding hydrogens is 569 g/mol. The molecule has 0 radical (unpaired) electrons. The number of hydrogen-bond acceptors (Lipinski definition) is 4. The monoisotopic (exact) mass is 598 g/mol. The number of halogens is 4. The highest BCUT2D eigenvalue weighted by Crippen LogP contribution is 2.45. The number of fused-ring (bicyclic) bond motifs is 4. The van der Waals surface area contributed by atoms with Crippen molar-refractivity contribution in [3.8, 4) is 11.1 Å². The Bertz CT molecular complexity index is 1650. The summed E-state index contributed by atoms with van der Waals surface area (Å²) in [5.41, 5.74) is 3.99. The number of carbonyl (C=O) groups is 1. The average molecular weight is 599 g/mol. The fourth-order valence-electron chi connectivity index (χ4n) is 5.85. The zero-order valence-corrected chi connectivity index (χ0v) is 23.9. The number of alkyl halides is 3. The predicted octanol–water partition coefficient (Wildman–Crippen LogP) is 6.79. The lowest BCUT2D eigenvalue weighted by Crippen LogP contribution is -2.39. The third kappa shape index (κ3) is 5.87. The van der Waals surface area contributed by atoms with E-state index in [2.05, 4.69) is 0 Å². The molecule has 0 aliphatic heterocycles. The van der Waals surface area contributed by atoms with Crippen LogP contribution in [0.5, 0.6) is 0 Å². The van der Waals surface area contributed by atoms with Crippen molar-refractivity contribution in [3.05, 3.63) is 99.1 Å². The van der Waals surface area contributed by atoms with E-state index in [0.29, 0.717) is 5.52 Å². The maximum atomic E-state index is 13.7. The average Bonchev–Trinajstić information content (AvgIpc) is 3.24. The second kappa shape index (κ2) is 11.8. The molecule has 0 unspecified atom stereocenters. The van der Waals surface area contributed by atoms with E-state index in [1.54, 1.807) is 25.1 Å². The number of rotatable bonds is 9. The summed E-state index contributed by atoms with van der Waals surface area (Å²) in [5.74, 6) is -0.0303. The van der Waals surface area contributed by atoms with Crippen LogP contribution in [0.15, 0.2) is 71.5 Å². The van der Waals surface area contributed by atoms with E-state index < -0.39 is 30.4 Å². The van der Waals surface area contributed by atoms with Crippen LogP contribution in [0.3, 0.4) is 0 Å². The minimum atomic E-state index is -4.34. The molecule has 0 saturated carbocycles. The molecule has 1 aliphatic carbocycles. The molecule has 0 bridgehead atoms. The molecule has 1 N–H and O–H groups in total. The van der Waals surface area contributed by atoms with Crippen molar-refractivity contribution in [1.29, 1.82) is 0 Å². The molecule has 1 aliphatic rings. The van der Waals surface area contributed by atoms with Crippen LogP contribution in [0.2, 0.25) is 5.02 Å². The maximum absolute atomic E-state index is 13.7. The highest BCUT2D eigenvalue weighted by atomic mass is 35.5. The summed E-state index contributed by atoms with van der Waals surface area (Å²) in [6.45, 7) is 0.813. The second-order valence-corrected chi connectivity index (χ2v) is 11.0. The van der Waals surface area contributed by atoms with Gasteiger partial charge < -0.3 is 5.11 Å². The molecule has 0 fully saturated rings. The van der Waals surface area contributed by atoms with E-state index in [4.69, 9.17) is 16.6 Å². The van der Waals surface area contributed by atoms with Gasteiger partial charge in [-0.05, 0) is 61.3 Å². The van der Waals surface area contributed by atoms with Crippen LogP contribution in [-0.2, 0) is 6.54 Å². The molecule has 42 heavy (non-hydrogen) atoms. The van der Waals surface area contributed by atoms with Gasteiger partial charge in [-0.15, -0.1) is 0 Å². The largest absolute Gasteiger partial charge is 0.465 e. The number of nitrogens with zero attached hydrogens (tertiary/aromatic N) is 4. The normalized spacial score (nSPS) is 13.8. The first-order chi connectivity index (χ1) is 20.0. The van der Waals surface area contributed by atoms with E-state index >= 15 is 0 Å². The van der Waals surface area contributed by atoms with Crippen molar-refractivity contribution in [2.75, 3.05) is 26.7 Å². The van der Waals surface area contributed by atoms with Gasteiger partial charge in [-0.3, -0.25) is 19.2 Å². The van der Waals surface area contributed by atoms with Crippen LogP contribution in [0.4, 0.5) is 18.0 Å². The van der Waals surface area contributed by atoms with Crippen molar-refractivity contribution in [2.24, 2.45) is 0 Å². The molecule has 1 aromatic heterocycles. The molecule has 1 atom stereocenters. The second-order valence-electron chi connectivity index (χ2n) is 10.6. The van der Waals surface area contributed by atoms with Crippen LogP contribution >= 0.6 is 11.6 Å². The van der Waals surface area contributed by atoms with Crippen molar-refractivity contribution in [1.82, 2.24) is 19.4 Å². The minimum Gasteiger partial charge on any atom is -0.465 e. The third-order valence-electron chi connectivity index (χ3n) is 7.76. The van der Waals surface area contributed by atoms with Gasteiger partial charge in [0.25, 0.3) is 5.56 Å². The number of carboxylic acid groups (broad SMARTS) is 1. The first-order valence-corrected chi connectivity index (χ1v) is 14.0. The van der Waals surface area contributed by atoms with E-state index in [1.165, 1.54) is 16.5 Å². The predicted molar refractivity (Wildman–Crippen MR) is 156 cm³/mol. The zero-order valence-electron chi connectivity index (χ0n) is 23.1. The smallest absolute Gasteiger partial charge is 0.407 e. The van der Waals surface area contributed by atoms with Crippen LogP contribution in [0.25, 0.3) is 22.0 Å². The first kappa shape index (κ1) is 29.6. The lowest BCUT2D eigenvalue weighted by atomic mass is 9.96. The Morgan fingerprint density at radius 3 is 2.26 bits per heavy atom. The molecule has 1 amide bonds. The molecule has 4 aromatic rings. The maximum Gasteiger partial charge on any atom is 0.407 e. The lowest BCUT2D eigenvalue weighted by Gasteiger charge is -2.31. The zero-order chi connectivity index (χ0) is 30.2. The Morgan fingerprint density at radius 1 is 1.05 bits per heavy atom. The van der Waals surface area contributed by atoms with Crippen LogP contribution in [-0.4, -0.2) is 63.4 Å². The van der Waals surface area contributed by atoms with Gasteiger partial charge in [0.15, 0.2) is 0 Å². The quantitative estimate of drug-likeness (QED) is 0.230. The molecule has 5 rings (SSSR count). The van der Waals surface area contributed by atoms with Gasteiger partial charge in [0.05, 0.1) is 28.5 Å². The minimum absolute atomic E-state index is 0.0391. The Morgan fingerprint density at radius 2 is 1.67 bits per heavy atom. The molecule has 1 heterocycles. The van der Waals surface area contributed by atoms with E-state index in [-0.39, 0.29) is 48.2 Å². The molecule has 220 valence electrons. The van der Waals surface area contributed by atoms with Gasteiger partial charge in [0.2, 0.25) is 0 Å². The van der Waals surface area contributed by atoms with E-state index in [0.717, 1.165) is 27.2 Å². The van der Waals surface area contributed by atoms with Crippen molar-refractivity contribution in [3.63, 3.8) is 0 Å². The fourth-order valence-corrected chi connectivity index (χ4v) is 6.10. The van der Waals surface area contributed by atoms with Gasteiger partial charge in [-0.25, -0.2) is 9.78 Å². The Labute approximate surface area is 245 Å². The Hall–Kier alpha value is -3.89. The SMILES string of the molecule is C[C@@H](c1nc2cccc(Cl)c2c(=O)n1CCCN(C)CC(F)(F)F)N(CC1c2ccccc2-c2ccccc21)C(=O)O. The summed E-state index contributed by atoms with van der Waals surface area (Å²) in [7, 11) is 1.36. The molecular formula is C31H30ClF3N4O3. The summed E-state index contributed by atoms with van der Waals surface area (Å²) in [6, 6.07) is 19.8. The highest BCUT2D eigenvalue weighted by molar-refractivity contribution is 6.35. The lowest BCUT2D eigenvalue weighted by molar-refractivity contribution is -0.143. The van der Waals surface area contributed by atoms with Gasteiger partial charge in [0, 0.05) is 19.0 Å². The first-order valence-electron chi connectivity index (χ1n) is 13.6. The number of amides is 1. The summed E-state index contributed by atoms with van der Waals surface area (Å²) in [4.78, 5) is 33.6. The standard InChI is InChI=1S/C31H30ClF3N4O3/c1-19(39(30(41)42)17-24-22-11-5-3-9-20(22)21-10-4-6-12-23(21)24)28-36-26-14-7-13-25(32)27(26)29(40)38(28)16-8-15-37(2)18-31(33,34)35/h3-7,9-14,19,24H,8,15-18H2,1-2H3,(H,41,42)/t19-/m0/s1. The van der Waals surface area contributed by atoms with Gasteiger partial charge in [-0.2, -0.15) is 13.2 Å². The molecule has 11 heteroatoms. The number of hydrogen-bond donors (Lipinski definition) is 1. The summed E-state index contributed by atoms with van der Waals surface area (Å²) in [5, 5.41) is 10.8. The number of aromatic nitrogens is 2. The van der Waals surface area contributed by atoms with Gasteiger partial charge >= 0.3 is 12.3 Å². The third-order valence-corrected chi connectivity index (χ3v) is 8.08. The van der Waals surface area contributed by atoms with Gasteiger partial charge in [-0.1, -0.05) is 66.2 Å². The number of benzene rings is 3. The van der Waals surface area contributed by atoms with Crippen molar-refractivity contribution in [2.45, 2.75) is 38.0 Å². The Balaban J connectivity index is 1.52. The summed E-state index contributed by atoms with van der Waals surface area (Å²) >= 11 is 6.35. The molecule has 0 spiro atoms. The fraction of sp³-hybridized carbons (Fsp3) is 0.323. The molecule has 3 aromatic carbocycles. The summed E-state index contributed by atoms with van der Waals surface area (Å²) in [6.07, 6.45) is -5.32. The van der Waals surface area contributed by atoms with Crippen molar-refractivity contribution >= 4 is 28.6 Å².